The van der Waals surface area contributed by atoms with Crippen LogP contribution in [-0.4, -0.2) is 39.1 Å². The molecule has 1 aromatic rings. The number of thiophene rings is 1. The summed E-state index contributed by atoms with van der Waals surface area (Å²) in [6, 6.07) is 4.26. The number of carbonyl (C=O) groups is 1. The first kappa shape index (κ1) is 11.3. The Hall–Kier alpha value is -0.805. The molecule has 2 heterocycles. The zero-order valence-corrected chi connectivity index (χ0v) is 10.6. The van der Waals surface area contributed by atoms with Crippen LogP contribution < -0.4 is 0 Å². The highest BCUT2D eigenvalue weighted by Gasteiger charge is 2.29. The Morgan fingerprint density at radius 2 is 2.65 bits per heavy atom. The first-order valence-corrected chi connectivity index (χ1v) is 6.79. The third-order valence-electron chi connectivity index (χ3n) is 2.96. The maximum absolute atomic E-state index is 11.7. The fourth-order valence-corrected chi connectivity index (χ4v) is 2.74. The lowest BCUT2D eigenvalue weighted by atomic mass is 10.0. The van der Waals surface area contributed by atoms with E-state index in [4.69, 9.17) is 6.07 Å². The number of amides is 1. The van der Waals surface area contributed by atoms with E-state index in [1.54, 1.807) is 11.3 Å². The van der Waals surface area contributed by atoms with Gasteiger partial charge in [-0.3, -0.25) is 4.79 Å². The quantitative estimate of drug-likeness (QED) is 0.688. The van der Waals surface area contributed by atoms with E-state index in [-0.39, 0.29) is 11.9 Å². The van der Waals surface area contributed by atoms with Crippen molar-refractivity contribution in [3.05, 3.63) is 22.4 Å². The summed E-state index contributed by atoms with van der Waals surface area (Å²) in [7, 11) is 1.36. The maximum atomic E-state index is 11.7. The lowest BCUT2D eigenvalue weighted by Gasteiger charge is -2.24. The largest absolute Gasteiger partial charge is 0.374 e. The maximum Gasteiger partial charge on any atom is 0.222 e. The first-order chi connectivity index (χ1) is 8.81. The predicted molar refractivity (Wildman–Crippen MR) is 70.7 cm³/mol. The average Bonchev–Trinajstić information content (AvgIpc) is 2.98. The fourth-order valence-electron chi connectivity index (χ4n) is 2.10. The van der Waals surface area contributed by atoms with E-state index < -0.39 is 0 Å². The minimum atomic E-state index is 0.192. The van der Waals surface area contributed by atoms with Gasteiger partial charge in [0.1, 0.15) is 0 Å². The number of nitrogens with zero attached hydrogens (tertiary/aromatic N) is 1. The summed E-state index contributed by atoms with van der Waals surface area (Å²) in [6.07, 6.45) is 2.12. The predicted octanol–water partition coefficient (Wildman–Crippen LogP) is 1.57. The molecule has 1 fully saturated rings. The molecular weight excluding hydrogens is 233 g/mol. The topological polar surface area (TPSA) is 29.5 Å². The van der Waals surface area contributed by atoms with Gasteiger partial charge in [0.25, 0.3) is 0 Å². The van der Waals surface area contributed by atoms with Gasteiger partial charge in [-0.2, -0.15) is 0 Å². The Labute approximate surface area is 109 Å². The first-order valence-electron chi connectivity index (χ1n) is 6.48. The Morgan fingerprint density at radius 1 is 1.71 bits per heavy atom. The van der Waals surface area contributed by atoms with Crippen LogP contribution in [0.25, 0.3) is 0 Å². The van der Waals surface area contributed by atoms with Crippen LogP contribution in [0.3, 0.4) is 0 Å². The van der Waals surface area contributed by atoms with E-state index >= 15 is 0 Å². The third kappa shape index (κ3) is 3.33. The molecule has 17 heavy (non-hydrogen) atoms. The zero-order valence-electron chi connectivity index (χ0n) is 10.8. The molecule has 0 spiro atoms. The highest BCUT2D eigenvalue weighted by molar-refractivity contribution is 7.09. The molecule has 1 radical (unpaired) electrons. The zero-order chi connectivity index (χ0) is 12.8. The average molecular weight is 251 g/mol. The number of likely N-dealkylation sites (tertiary alicyclic amines) is 1. The third-order valence-corrected chi connectivity index (χ3v) is 3.81. The molecule has 0 saturated carbocycles. The molecule has 1 aliphatic heterocycles. The van der Waals surface area contributed by atoms with Gasteiger partial charge < -0.3 is 9.64 Å². The summed E-state index contributed by atoms with van der Waals surface area (Å²) in [5, 5.41) is 2.04. The Bertz CT molecular complexity index is 374. The smallest absolute Gasteiger partial charge is 0.222 e. The molecule has 1 aromatic heterocycles. The van der Waals surface area contributed by atoms with Gasteiger partial charge >= 0.3 is 0 Å². The molecule has 0 bridgehead atoms. The molecule has 1 saturated heterocycles. The van der Waals surface area contributed by atoms with Gasteiger partial charge in [0, 0.05) is 17.8 Å². The van der Waals surface area contributed by atoms with Crippen molar-refractivity contribution in [3.8, 4) is 0 Å². The fraction of sp³-hybridized carbons (Fsp3) is 0.583. The van der Waals surface area contributed by atoms with Gasteiger partial charge in [-0.05, 0) is 19.2 Å². The molecule has 3 nitrogen and oxygen atoms in total. The minimum absolute atomic E-state index is 0.192. The van der Waals surface area contributed by atoms with Gasteiger partial charge in [-0.15, -0.1) is 11.3 Å². The van der Waals surface area contributed by atoms with Crippen molar-refractivity contribution < 1.29 is 9.53 Å². The number of carbonyl (C=O) groups excluding carboxylic acids is 1. The summed E-state index contributed by atoms with van der Waals surface area (Å²) in [5.74, 6) is 0.196. The van der Waals surface area contributed by atoms with Crippen LogP contribution in [-0.2, 0) is 16.1 Å². The van der Waals surface area contributed by atoms with Crippen molar-refractivity contribution in [2.24, 2.45) is 0 Å². The summed E-state index contributed by atoms with van der Waals surface area (Å²) in [5.41, 5.74) is 0. The highest BCUT2D eigenvalue weighted by atomic mass is 32.1. The van der Waals surface area contributed by atoms with Crippen molar-refractivity contribution in [2.45, 2.75) is 31.8 Å². The Kier molecular flexibility index (Phi) is 4.13. The second-order valence-electron chi connectivity index (χ2n) is 4.16. The Morgan fingerprint density at radius 3 is 3.41 bits per heavy atom. The van der Waals surface area contributed by atoms with Crippen LogP contribution in [0.2, 0.25) is 6.32 Å². The van der Waals surface area contributed by atoms with Crippen LogP contribution in [0.15, 0.2) is 17.5 Å². The van der Waals surface area contributed by atoms with E-state index in [9.17, 15) is 4.79 Å². The van der Waals surface area contributed by atoms with Gasteiger partial charge in [0.05, 0.1) is 27.1 Å². The normalized spacial score (nSPS) is 20.7. The lowest BCUT2D eigenvalue weighted by Crippen LogP contribution is -2.36. The highest BCUT2D eigenvalue weighted by Crippen LogP contribution is 2.20. The van der Waals surface area contributed by atoms with Crippen LogP contribution >= 0.6 is 11.3 Å². The molecule has 0 aromatic carbocycles. The molecule has 0 unspecified atom stereocenters. The summed E-state index contributed by atoms with van der Waals surface area (Å²) in [6.45, 7) is 1.87. The monoisotopic (exact) mass is 251 g/mol. The molecule has 1 amide bonds. The molecule has 5 heteroatoms. The molecule has 0 aliphatic carbocycles. The standard InChI is InChI=1S/C12H17BNO2S/c13-5-6-14-10(3-4-12(14)15)8-16-9-11-2-1-7-17-11/h1-2,7,10,13H,3-6,8-9H2/t10-/m1/s1/i13D. The van der Waals surface area contributed by atoms with Gasteiger partial charge in [0.2, 0.25) is 5.91 Å². The molecular formula is C12H17BNO2S. The molecule has 1 atom stereocenters. The Balaban J connectivity index is 1.75. The van der Waals surface area contributed by atoms with Crippen LogP contribution in [0, 0.1) is 0 Å². The van der Waals surface area contributed by atoms with E-state index in [0.29, 0.717) is 32.5 Å². The van der Waals surface area contributed by atoms with Gasteiger partial charge in [-0.25, -0.2) is 0 Å². The number of ether oxygens (including phenoxy) is 1. The van der Waals surface area contributed by atoms with Crippen molar-refractivity contribution in [1.82, 2.24) is 4.90 Å². The van der Waals surface area contributed by atoms with Crippen LogP contribution in [0.1, 0.15) is 17.7 Å². The van der Waals surface area contributed by atoms with Crippen LogP contribution in [0.4, 0.5) is 0 Å². The van der Waals surface area contributed by atoms with E-state index in [1.807, 2.05) is 16.3 Å². The van der Waals surface area contributed by atoms with Gasteiger partial charge in [-0.1, -0.05) is 12.4 Å². The summed E-state index contributed by atoms with van der Waals surface area (Å²) >= 11 is 1.69. The van der Waals surface area contributed by atoms with Crippen LogP contribution in [0.5, 0.6) is 0 Å². The molecule has 0 N–H and O–H groups in total. The summed E-state index contributed by atoms with van der Waals surface area (Å²) in [4.78, 5) is 14.8. The minimum Gasteiger partial charge on any atom is -0.374 e. The van der Waals surface area contributed by atoms with Crippen molar-refractivity contribution in [1.29, 1.82) is 1.34 Å². The van der Waals surface area contributed by atoms with Gasteiger partial charge in [0.15, 0.2) is 0 Å². The van der Waals surface area contributed by atoms with E-state index in [1.165, 1.54) is 12.7 Å². The van der Waals surface area contributed by atoms with Crippen molar-refractivity contribution in [2.75, 3.05) is 13.2 Å². The van der Waals surface area contributed by atoms with E-state index in [0.717, 1.165) is 6.42 Å². The number of hydrogen-bond acceptors (Lipinski definition) is 3. The number of hydrogen-bond donors (Lipinski definition) is 0. The summed E-state index contributed by atoms with van der Waals surface area (Å²) < 4.78 is 12.7. The number of rotatable bonds is 7. The van der Waals surface area contributed by atoms with Crippen molar-refractivity contribution >= 4 is 25.1 Å². The second-order valence-corrected chi connectivity index (χ2v) is 5.20. The lowest BCUT2D eigenvalue weighted by molar-refractivity contribution is -0.129. The molecule has 91 valence electrons. The van der Waals surface area contributed by atoms with Crippen molar-refractivity contribution in [3.63, 3.8) is 0 Å². The second kappa shape index (κ2) is 6.22. The van der Waals surface area contributed by atoms with E-state index in [2.05, 4.69) is 6.07 Å². The molecule has 1 aliphatic rings. The molecule has 2 rings (SSSR count). The SMILES string of the molecule is [2H][B]CCN1C(=O)CC[C@@H]1COCc1cccs1.